The van der Waals surface area contributed by atoms with E-state index in [9.17, 15) is 27.6 Å². The summed E-state index contributed by atoms with van der Waals surface area (Å²) >= 11 is 0. The van der Waals surface area contributed by atoms with Gasteiger partial charge in [0.2, 0.25) is 11.8 Å². The van der Waals surface area contributed by atoms with Gasteiger partial charge in [-0.1, -0.05) is 25.4 Å². The molecule has 1 aromatic heterocycles. The number of halogens is 3. The molecule has 0 aliphatic carbocycles. The fourth-order valence-corrected chi connectivity index (χ4v) is 2.79. The molecule has 0 aliphatic heterocycles. The van der Waals surface area contributed by atoms with Crippen LogP contribution >= 0.6 is 0 Å². The molecule has 0 spiro atoms. The standard InChI is InChI=1S/C19H29F3N4O4/c1-5-7-10-26(11-15(27)23-9-8-19(20,21)22)18(29)14(6-2)24-17(28)16-12(3)25-30-13(16)4/h14H,5-11H2,1-4H3,(H,23,27)(H,24,28)/t14-/m0/s1. The molecular formula is C19H29F3N4O4. The summed E-state index contributed by atoms with van der Waals surface area (Å²) in [4.78, 5) is 38.8. The highest BCUT2D eigenvalue weighted by Crippen LogP contribution is 2.18. The number of rotatable bonds is 11. The van der Waals surface area contributed by atoms with Gasteiger partial charge in [-0.05, 0) is 26.7 Å². The summed E-state index contributed by atoms with van der Waals surface area (Å²) in [5.74, 6) is -1.36. The average molecular weight is 434 g/mol. The van der Waals surface area contributed by atoms with Crippen molar-refractivity contribution in [2.45, 2.75) is 65.6 Å². The minimum atomic E-state index is -4.37. The Balaban J connectivity index is 2.80. The van der Waals surface area contributed by atoms with Crippen molar-refractivity contribution >= 4 is 17.7 Å². The number of unbranched alkanes of at least 4 members (excludes halogenated alkanes) is 1. The van der Waals surface area contributed by atoms with Gasteiger partial charge in [0.1, 0.15) is 17.4 Å². The third-order valence-corrected chi connectivity index (χ3v) is 4.43. The van der Waals surface area contributed by atoms with Crippen LogP contribution in [0.15, 0.2) is 4.52 Å². The van der Waals surface area contributed by atoms with Gasteiger partial charge in [-0.15, -0.1) is 0 Å². The molecule has 30 heavy (non-hydrogen) atoms. The molecule has 2 N–H and O–H groups in total. The largest absolute Gasteiger partial charge is 0.390 e. The maximum Gasteiger partial charge on any atom is 0.390 e. The molecule has 0 aromatic carbocycles. The molecule has 0 saturated carbocycles. The number of nitrogens with one attached hydrogen (secondary N) is 2. The van der Waals surface area contributed by atoms with Gasteiger partial charge in [0.15, 0.2) is 0 Å². The summed E-state index contributed by atoms with van der Waals surface area (Å²) in [7, 11) is 0. The molecule has 1 heterocycles. The third-order valence-electron chi connectivity index (χ3n) is 4.43. The van der Waals surface area contributed by atoms with Gasteiger partial charge in [0.05, 0.1) is 18.7 Å². The van der Waals surface area contributed by atoms with Crippen molar-refractivity contribution in [1.82, 2.24) is 20.7 Å². The van der Waals surface area contributed by atoms with Crippen LogP contribution in [-0.4, -0.2) is 59.6 Å². The van der Waals surface area contributed by atoms with Gasteiger partial charge in [-0.2, -0.15) is 13.2 Å². The first-order valence-electron chi connectivity index (χ1n) is 9.86. The maximum atomic E-state index is 12.9. The number of amides is 3. The number of hydrogen-bond acceptors (Lipinski definition) is 5. The zero-order valence-corrected chi connectivity index (χ0v) is 17.7. The SMILES string of the molecule is CCCCN(CC(=O)NCCC(F)(F)F)C(=O)[C@H](CC)NC(=O)c1c(C)noc1C. The van der Waals surface area contributed by atoms with Crippen molar-refractivity contribution in [3.63, 3.8) is 0 Å². The molecule has 1 atom stereocenters. The molecule has 170 valence electrons. The number of alkyl halides is 3. The van der Waals surface area contributed by atoms with Crippen molar-refractivity contribution < 1.29 is 32.1 Å². The molecule has 0 aliphatic rings. The highest BCUT2D eigenvalue weighted by molar-refractivity contribution is 5.99. The Bertz CT molecular complexity index is 714. The number of hydrogen-bond donors (Lipinski definition) is 2. The van der Waals surface area contributed by atoms with E-state index >= 15 is 0 Å². The first kappa shape index (κ1) is 25.4. The number of aromatic nitrogens is 1. The van der Waals surface area contributed by atoms with Crippen LogP contribution in [0.25, 0.3) is 0 Å². The monoisotopic (exact) mass is 434 g/mol. The summed E-state index contributed by atoms with van der Waals surface area (Å²) in [6.07, 6.45) is -3.89. The topological polar surface area (TPSA) is 105 Å². The summed E-state index contributed by atoms with van der Waals surface area (Å²) in [6, 6.07) is -0.897. The molecule has 1 aromatic rings. The van der Waals surface area contributed by atoms with Crippen LogP contribution in [0.1, 0.15) is 61.3 Å². The van der Waals surface area contributed by atoms with E-state index in [2.05, 4.69) is 15.8 Å². The second-order valence-corrected chi connectivity index (χ2v) is 6.96. The number of carbonyl (C=O) groups is 3. The van der Waals surface area contributed by atoms with Crippen LogP contribution < -0.4 is 10.6 Å². The van der Waals surface area contributed by atoms with Gasteiger partial charge in [-0.25, -0.2) is 0 Å². The van der Waals surface area contributed by atoms with Gasteiger partial charge >= 0.3 is 6.18 Å². The van der Waals surface area contributed by atoms with E-state index in [0.717, 1.165) is 6.42 Å². The Morgan fingerprint density at radius 2 is 1.87 bits per heavy atom. The molecule has 1 rings (SSSR count). The van der Waals surface area contributed by atoms with Gasteiger partial charge in [0.25, 0.3) is 5.91 Å². The van der Waals surface area contributed by atoms with Crippen molar-refractivity contribution in [2.24, 2.45) is 0 Å². The summed E-state index contributed by atoms with van der Waals surface area (Å²) in [6.45, 7) is 6.11. The normalized spacial score (nSPS) is 12.4. The van der Waals surface area contributed by atoms with Crippen LogP contribution in [0.5, 0.6) is 0 Å². The smallest absolute Gasteiger partial charge is 0.361 e. The van der Waals surface area contributed by atoms with E-state index in [0.29, 0.717) is 17.9 Å². The third kappa shape index (κ3) is 8.03. The lowest BCUT2D eigenvalue weighted by Gasteiger charge is -2.27. The molecule has 3 amide bonds. The van der Waals surface area contributed by atoms with Crippen LogP contribution in [0.4, 0.5) is 13.2 Å². The summed E-state index contributed by atoms with van der Waals surface area (Å²) in [5.41, 5.74) is 0.630. The molecule has 0 radical (unpaired) electrons. The quantitative estimate of drug-likeness (QED) is 0.557. The van der Waals surface area contributed by atoms with Gasteiger partial charge < -0.3 is 20.1 Å². The molecule has 0 saturated heterocycles. The van der Waals surface area contributed by atoms with Crippen molar-refractivity contribution in [2.75, 3.05) is 19.6 Å². The van der Waals surface area contributed by atoms with E-state index in [4.69, 9.17) is 4.52 Å². The van der Waals surface area contributed by atoms with Crippen LogP contribution in [0, 0.1) is 13.8 Å². The molecule has 0 fully saturated rings. The molecule has 8 nitrogen and oxygen atoms in total. The Morgan fingerprint density at radius 1 is 1.20 bits per heavy atom. The second-order valence-electron chi connectivity index (χ2n) is 6.96. The van der Waals surface area contributed by atoms with Crippen LogP contribution in [-0.2, 0) is 9.59 Å². The first-order chi connectivity index (χ1) is 14.0. The van der Waals surface area contributed by atoms with Gasteiger partial charge in [-0.3, -0.25) is 14.4 Å². The lowest BCUT2D eigenvalue weighted by Crippen LogP contribution is -2.51. The molecule has 11 heteroatoms. The van der Waals surface area contributed by atoms with Crippen LogP contribution in [0.2, 0.25) is 0 Å². The predicted molar refractivity (Wildman–Crippen MR) is 103 cm³/mol. The number of carbonyl (C=O) groups excluding carboxylic acids is 3. The Labute approximate surface area is 173 Å². The highest BCUT2D eigenvalue weighted by Gasteiger charge is 2.29. The molecule has 0 unspecified atom stereocenters. The molecule has 0 bridgehead atoms. The average Bonchev–Trinajstić information content (AvgIpc) is 2.99. The van der Waals surface area contributed by atoms with E-state index in [1.54, 1.807) is 20.8 Å². The highest BCUT2D eigenvalue weighted by atomic mass is 19.4. The predicted octanol–water partition coefficient (Wildman–Crippen LogP) is 2.50. The zero-order chi connectivity index (χ0) is 22.9. The van der Waals surface area contributed by atoms with Crippen molar-refractivity contribution in [3.8, 4) is 0 Å². The first-order valence-corrected chi connectivity index (χ1v) is 9.86. The fourth-order valence-electron chi connectivity index (χ4n) is 2.79. The van der Waals surface area contributed by atoms with E-state index in [1.807, 2.05) is 6.92 Å². The lowest BCUT2D eigenvalue weighted by atomic mass is 10.1. The Morgan fingerprint density at radius 3 is 2.37 bits per heavy atom. The minimum absolute atomic E-state index is 0.242. The lowest BCUT2D eigenvalue weighted by molar-refractivity contribution is -0.140. The fraction of sp³-hybridized carbons (Fsp3) is 0.684. The zero-order valence-electron chi connectivity index (χ0n) is 17.7. The van der Waals surface area contributed by atoms with E-state index < -0.39 is 42.9 Å². The maximum absolute atomic E-state index is 12.9. The minimum Gasteiger partial charge on any atom is -0.361 e. The van der Waals surface area contributed by atoms with E-state index in [-0.39, 0.29) is 25.1 Å². The van der Waals surface area contributed by atoms with Crippen molar-refractivity contribution in [3.05, 3.63) is 17.0 Å². The Kier molecular flexibility index (Phi) is 9.80. The summed E-state index contributed by atoms with van der Waals surface area (Å²) in [5, 5.41) is 8.52. The number of nitrogens with zero attached hydrogens (tertiary/aromatic N) is 2. The molecular weight excluding hydrogens is 405 g/mol. The number of aryl methyl sites for hydroxylation is 2. The van der Waals surface area contributed by atoms with Crippen molar-refractivity contribution in [1.29, 1.82) is 0 Å². The summed E-state index contributed by atoms with van der Waals surface area (Å²) < 4.78 is 41.7. The second kappa shape index (κ2) is 11.6. The Hall–Kier alpha value is -2.59. The van der Waals surface area contributed by atoms with E-state index in [1.165, 1.54) is 4.90 Å². The van der Waals surface area contributed by atoms with Crippen LogP contribution in [0.3, 0.4) is 0 Å². The van der Waals surface area contributed by atoms with Gasteiger partial charge in [0, 0.05) is 13.1 Å².